The third kappa shape index (κ3) is 3.24. The van der Waals surface area contributed by atoms with E-state index in [4.69, 9.17) is 4.42 Å². The van der Waals surface area contributed by atoms with Crippen LogP contribution in [0.25, 0.3) is 11.0 Å². The molecule has 2 fully saturated rings. The number of aliphatic imine (C=N–C) groups is 1. The van der Waals surface area contributed by atoms with E-state index in [2.05, 4.69) is 15.3 Å². The van der Waals surface area contributed by atoms with Crippen molar-refractivity contribution in [2.75, 3.05) is 26.2 Å². The van der Waals surface area contributed by atoms with Crippen LogP contribution in [0, 0.1) is 11.3 Å². The van der Waals surface area contributed by atoms with Gasteiger partial charge in [0.15, 0.2) is 11.3 Å². The van der Waals surface area contributed by atoms with Gasteiger partial charge >= 0.3 is 0 Å². The van der Waals surface area contributed by atoms with Crippen LogP contribution in [-0.4, -0.2) is 53.6 Å². The van der Waals surface area contributed by atoms with Crippen molar-refractivity contribution in [1.82, 2.24) is 15.2 Å². The number of pyridine rings is 1. The molecule has 7 nitrogen and oxygen atoms in total. The molecule has 1 atom stereocenters. The normalized spacial score (nSPS) is 22.5. The quantitative estimate of drug-likeness (QED) is 0.866. The van der Waals surface area contributed by atoms with Crippen molar-refractivity contribution < 1.29 is 14.0 Å². The number of carbonyl (C=O) groups is 2. The third-order valence-electron chi connectivity index (χ3n) is 6.71. The summed E-state index contributed by atoms with van der Waals surface area (Å²) in [7, 11) is 0. The third-order valence-corrected chi connectivity index (χ3v) is 6.71. The van der Waals surface area contributed by atoms with Crippen LogP contribution in [0.4, 0.5) is 0 Å². The Kier molecular flexibility index (Phi) is 4.26. The lowest BCUT2D eigenvalue weighted by molar-refractivity contribution is -0.128. The van der Waals surface area contributed by atoms with Crippen molar-refractivity contribution in [3.8, 4) is 0 Å². The number of hydrogen-bond donors (Lipinski definition) is 1. The second-order valence-corrected chi connectivity index (χ2v) is 8.33. The fraction of sp³-hybridized carbons (Fsp3) is 0.455. The molecular weight excluding hydrogens is 368 g/mol. The van der Waals surface area contributed by atoms with Crippen LogP contribution >= 0.6 is 0 Å². The zero-order valence-corrected chi connectivity index (χ0v) is 16.5. The SMILES string of the molecule is CC1=NCC=C1C(=O)N1CCC2(CC1)CC2CNC(=O)c1cc2ccncc2o1. The second kappa shape index (κ2) is 6.83. The molecule has 4 heterocycles. The smallest absolute Gasteiger partial charge is 0.287 e. The molecule has 3 aliphatic rings. The largest absolute Gasteiger partial charge is 0.449 e. The Morgan fingerprint density at radius 3 is 2.90 bits per heavy atom. The summed E-state index contributed by atoms with van der Waals surface area (Å²) >= 11 is 0. The Bertz CT molecular complexity index is 1010. The predicted molar refractivity (Wildman–Crippen MR) is 109 cm³/mol. The van der Waals surface area contributed by atoms with Crippen molar-refractivity contribution in [3.05, 3.63) is 41.9 Å². The van der Waals surface area contributed by atoms with Gasteiger partial charge in [-0.15, -0.1) is 0 Å². The lowest BCUT2D eigenvalue weighted by Gasteiger charge is -2.33. The standard InChI is InChI=1S/C22H24N4O3/c1-14-17(3-7-24-14)21(28)26-8-4-22(5-9-26)11-16(22)12-25-20(27)18-10-15-2-6-23-13-19(15)29-18/h2-3,6,10,13,16H,4-5,7-9,11-12H2,1H3,(H,25,27). The number of rotatable bonds is 4. The maximum absolute atomic E-state index is 12.7. The monoisotopic (exact) mass is 392 g/mol. The molecule has 150 valence electrons. The molecule has 2 aromatic rings. The molecule has 1 saturated heterocycles. The first-order valence-corrected chi connectivity index (χ1v) is 10.2. The van der Waals surface area contributed by atoms with Gasteiger partial charge < -0.3 is 14.6 Å². The van der Waals surface area contributed by atoms with E-state index < -0.39 is 0 Å². The van der Waals surface area contributed by atoms with Crippen molar-refractivity contribution in [2.24, 2.45) is 16.3 Å². The lowest BCUT2D eigenvalue weighted by atomic mass is 9.90. The highest BCUT2D eigenvalue weighted by Crippen LogP contribution is 2.59. The van der Waals surface area contributed by atoms with Crippen LogP contribution in [0.3, 0.4) is 0 Å². The van der Waals surface area contributed by atoms with Crippen molar-refractivity contribution in [1.29, 1.82) is 0 Å². The minimum Gasteiger partial charge on any atom is -0.449 e. The maximum Gasteiger partial charge on any atom is 0.287 e. The van der Waals surface area contributed by atoms with Crippen LogP contribution in [0.1, 0.15) is 36.7 Å². The molecule has 0 bridgehead atoms. The van der Waals surface area contributed by atoms with Gasteiger partial charge in [-0.05, 0) is 55.7 Å². The maximum atomic E-state index is 12.7. The van der Waals surface area contributed by atoms with Crippen molar-refractivity contribution in [2.45, 2.75) is 26.2 Å². The van der Waals surface area contributed by atoms with Gasteiger partial charge in [0.2, 0.25) is 0 Å². The first-order chi connectivity index (χ1) is 14.1. The van der Waals surface area contributed by atoms with E-state index in [0.29, 0.717) is 30.4 Å². The number of amides is 2. The molecular formula is C22H24N4O3. The van der Waals surface area contributed by atoms with Gasteiger partial charge in [-0.25, -0.2) is 0 Å². The van der Waals surface area contributed by atoms with Gasteiger partial charge in [-0.2, -0.15) is 0 Å². The van der Waals surface area contributed by atoms with Crippen LogP contribution in [0.15, 0.2) is 45.6 Å². The number of fused-ring (bicyclic) bond motifs is 1. The molecule has 2 aromatic heterocycles. The topological polar surface area (TPSA) is 87.8 Å². The van der Waals surface area contributed by atoms with Gasteiger partial charge in [-0.3, -0.25) is 19.6 Å². The van der Waals surface area contributed by atoms with Crippen LogP contribution in [-0.2, 0) is 4.79 Å². The average molecular weight is 392 g/mol. The van der Waals surface area contributed by atoms with E-state index in [9.17, 15) is 9.59 Å². The summed E-state index contributed by atoms with van der Waals surface area (Å²) in [4.78, 5) is 35.4. The fourth-order valence-corrected chi connectivity index (χ4v) is 4.71. The van der Waals surface area contributed by atoms with E-state index in [0.717, 1.165) is 49.0 Å². The molecule has 0 radical (unpaired) electrons. The Labute approximate surface area is 168 Å². The number of furan rings is 1. The van der Waals surface area contributed by atoms with Gasteiger partial charge in [0.1, 0.15) is 0 Å². The second-order valence-electron chi connectivity index (χ2n) is 8.33. The summed E-state index contributed by atoms with van der Waals surface area (Å²) in [5.74, 6) is 0.732. The zero-order chi connectivity index (χ0) is 20.0. The average Bonchev–Trinajstić information content (AvgIpc) is 3.08. The number of likely N-dealkylation sites (tertiary alicyclic amines) is 1. The Hall–Kier alpha value is -2.96. The van der Waals surface area contributed by atoms with E-state index in [1.54, 1.807) is 18.5 Å². The molecule has 1 spiro atoms. The van der Waals surface area contributed by atoms with E-state index in [1.807, 2.05) is 24.0 Å². The van der Waals surface area contributed by atoms with Crippen LogP contribution < -0.4 is 5.32 Å². The predicted octanol–water partition coefficient (Wildman–Crippen LogP) is 2.59. The molecule has 1 unspecified atom stereocenters. The van der Waals surface area contributed by atoms with Gasteiger partial charge in [0.25, 0.3) is 11.8 Å². The van der Waals surface area contributed by atoms with E-state index >= 15 is 0 Å². The minimum absolute atomic E-state index is 0.114. The molecule has 29 heavy (non-hydrogen) atoms. The van der Waals surface area contributed by atoms with E-state index in [-0.39, 0.29) is 17.2 Å². The van der Waals surface area contributed by atoms with Gasteiger partial charge in [-0.1, -0.05) is 0 Å². The Morgan fingerprint density at radius 2 is 2.17 bits per heavy atom. The number of aromatic nitrogens is 1. The summed E-state index contributed by atoms with van der Waals surface area (Å²) in [6.07, 6.45) is 8.33. The summed E-state index contributed by atoms with van der Waals surface area (Å²) < 4.78 is 5.58. The summed E-state index contributed by atoms with van der Waals surface area (Å²) in [5.41, 5.74) is 2.51. The summed E-state index contributed by atoms with van der Waals surface area (Å²) in [5, 5.41) is 3.90. The number of hydrogen-bond acceptors (Lipinski definition) is 5. The van der Waals surface area contributed by atoms with Gasteiger partial charge in [0.05, 0.1) is 18.3 Å². The van der Waals surface area contributed by atoms with Crippen LogP contribution in [0.5, 0.6) is 0 Å². The highest BCUT2D eigenvalue weighted by atomic mass is 16.3. The number of carbonyl (C=O) groups excluding carboxylic acids is 2. The Morgan fingerprint density at radius 1 is 1.34 bits per heavy atom. The summed E-state index contributed by atoms with van der Waals surface area (Å²) in [6, 6.07) is 3.58. The number of nitrogens with zero attached hydrogens (tertiary/aromatic N) is 3. The van der Waals surface area contributed by atoms with Gasteiger partial charge in [0, 0.05) is 36.9 Å². The van der Waals surface area contributed by atoms with Crippen LogP contribution in [0.2, 0.25) is 0 Å². The molecule has 5 rings (SSSR count). The Balaban J connectivity index is 1.13. The minimum atomic E-state index is -0.182. The number of nitrogens with one attached hydrogen (secondary N) is 1. The molecule has 2 aliphatic heterocycles. The highest BCUT2D eigenvalue weighted by Gasteiger charge is 2.55. The molecule has 1 aliphatic carbocycles. The van der Waals surface area contributed by atoms with Crippen molar-refractivity contribution >= 4 is 28.5 Å². The summed E-state index contributed by atoms with van der Waals surface area (Å²) in [6.45, 7) is 4.74. The molecule has 0 aromatic carbocycles. The highest BCUT2D eigenvalue weighted by molar-refractivity contribution is 6.21. The number of piperidine rings is 1. The zero-order valence-electron chi connectivity index (χ0n) is 16.5. The first kappa shape index (κ1) is 18.1. The molecule has 1 saturated carbocycles. The molecule has 1 N–H and O–H groups in total. The fourth-order valence-electron chi connectivity index (χ4n) is 4.71. The van der Waals surface area contributed by atoms with Crippen molar-refractivity contribution in [3.63, 3.8) is 0 Å². The molecule has 7 heteroatoms. The lowest BCUT2D eigenvalue weighted by Crippen LogP contribution is -2.41. The molecule has 2 amide bonds. The van der Waals surface area contributed by atoms with E-state index in [1.165, 1.54) is 0 Å². The first-order valence-electron chi connectivity index (χ1n) is 10.2.